The molecule has 3 aromatic rings. The first-order valence-electron chi connectivity index (χ1n) is 5.72. The molecule has 0 aliphatic carbocycles. The van der Waals surface area contributed by atoms with Crippen LogP contribution < -0.4 is 0 Å². The lowest BCUT2D eigenvalue weighted by molar-refractivity contribution is 0.942. The van der Waals surface area contributed by atoms with Gasteiger partial charge in [-0.2, -0.15) is 0 Å². The number of aryl methyl sites for hydroxylation is 3. The van der Waals surface area contributed by atoms with Gasteiger partial charge in [-0.1, -0.05) is 0 Å². The Morgan fingerprint density at radius 1 is 1.11 bits per heavy atom. The van der Waals surface area contributed by atoms with Crippen molar-refractivity contribution in [2.75, 3.05) is 0 Å². The average Bonchev–Trinajstić information content (AvgIpc) is 2.71. The van der Waals surface area contributed by atoms with E-state index in [2.05, 4.69) is 19.9 Å². The van der Waals surface area contributed by atoms with Crippen LogP contribution in [0.5, 0.6) is 0 Å². The van der Waals surface area contributed by atoms with Crippen LogP contribution in [0, 0.1) is 13.8 Å². The van der Waals surface area contributed by atoms with E-state index in [0.717, 1.165) is 33.7 Å². The molecule has 0 bridgehead atoms. The summed E-state index contributed by atoms with van der Waals surface area (Å²) in [7, 11) is 1.96. The first-order chi connectivity index (χ1) is 8.66. The van der Waals surface area contributed by atoms with Gasteiger partial charge in [0.25, 0.3) is 0 Å². The molecule has 0 aromatic carbocycles. The Hall–Kier alpha value is -2.30. The topological polar surface area (TPSA) is 56.5 Å². The molecule has 0 atom stereocenters. The van der Waals surface area contributed by atoms with Crippen molar-refractivity contribution in [3.8, 4) is 11.4 Å². The van der Waals surface area contributed by atoms with Gasteiger partial charge in [-0.3, -0.25) is 0 Å². The number of hydrogen-bond donors (Lipinski definition) is 0. The Morgan fingerprint density at radius 2 is 1.94 bits per heavy atom. The molecule has 0 unspecified atom stereocenters. The Kier molecular flexibility index (Phi) is 2.33. The molecule has 0 aliphatic heterocycles. The second-order valence-corrected chi connectivity index (χ2v) is 4.38. The summed E-state index contributed by atoms with van der Waals surface area (Å²) in [4.78, 5) is 17.3. The van der Waals surface area contributed by atoms with Crippen LogP contribution in [-0.2, 0) is 7.05 Å². The third-order valence-electron chi connectivity index (χ3n) is 3.10. The van der Waals surface area contributed by atoms with Gasteiger partial charge in [-0.05, 0) is 19.4 Å². The second kappa shape index (κ2) is 3.87. The van der Waals surface area contributed by atoms with Crippen LogP contribution >= 0.6 is 0 Å². The van der Waals surface area contributed by atoms with Gasteiger partial charge in [0, 0.05) is 42.3 Å². The number of aromatic nitrogens is 5. The largest absolute Gasteiger partial charge is 0.335 e. The fourth-order valence-electron chi connectivity index (χ4n) is 1.95. The van der Waals surface area contributed by atoms with E-state index in [9.17, 15) is 0 Å². The highest BCUT2D eigenvalue weighted by atomic mass is 15.0. The number of hydrogen-bond acceptors (Lipinski definition) is 4. The van der Waals surface area contributed by atoms with Crippen LogP contribution in [0.2, 0.25) is 0 Å². The molecule has 0 radical (unpaired) electrons. The number of rotatable bonds is 1. The van der Waals surface area contributed by atoms with E-state index in [1.165, 1.54) is 0 Å². The normalized spacial score (nSPS) is 11.1. The standard InChI is InChI=1S/C13H13N5/c1-8-4-15-12(17-9(8)2)11-6-18(3)13-10(11)5-14-7-16-13/h4-7H,1-3H3. The number of fused-ring (bicyclic) bond motifs is 1. The van der Waals surface area contributed by atoms with Crippen molar-refractivity contribution in [3.63, 3.8) is 0 Å². The number of nitrogens with zero attached hydrogens (tertiary/aromatic N) is 5. The Labute approximate surface area is 105 Å². The van der Waals surface area contributed by atoms with E-state index in [1.807, 2.05) is 37.9 Å². The minimum absolute atomic E-state index is 0.721. The van der Waals surface area contributed by atoms with Crippen molar-refractivity contribution in [2.24, 2.45) is 7.05 Å². The molecule has 0 amide bonds. The van der Waals surface area contributed by atoms with Crippen molar-refractivity contribution in [2.45, 2.75) is 13.8 Å². The van der Waals surface area contributed by atoms with E-state index in [1.54, 1.807) is 12.5 Å². The van der Waals surface area contributed by atoms with E-state index in [-0.39, 0.29) is 0 Å². The molecule has 18 heavy (non-hydrogen) atoms. The molecular weight excluding hydrogens is 226 g/mol. The molecule has 0 saturated heterocycles. The highest BCUT2D eigenvalue weighted by Gasteiger charge is 2.12. The predicted molar refractivity (Wildman–Crippen MR) is 69.0 cm³/mol. The summed E-state index contributed by atoms with van der Waals surface area (Å²) >= 11 is 0. The maximum atomic E-state index is 4.53. The fourth-order valence-corrected chi connectivity index (χ4v) is 1.95. The lowest BCUT2D eigenvalue weighted by atomic mass is 10.2. The summed E-state index contributed by atoms with van der Waals surface area (Å²) < 4.78 is 1.96. The molecule has 0 N–H and O–H groups in total. The lowest BCUT2D eigenvalue weighted by Gasteiger charge is -2.01. The molecule has 5 nitrogen and oxygen atoms in total. The quantitative estimate of drug-likeness (QED) is 0.652. The fraction of sp³-hybridized carbons (Fsp3) is 0.231. The van der Waals surface area contributed by atoms with E-state index >= 15 is 0 Å². The summed E-state index contributed by atoms with van der Waals surface area (Å²) in [5, 5.41) is 0.975. The Balaban J connectivity index is 2.28. The van der Waals surface area contributed by atoms with Crippen LogP contribution in [0.3, 0.4) is 0 Å². The molecule has 0 aliphatic rings. The molecule has 3 aromatic heterocycles. The zero-order valence-corrected chi connectivity index (χ0v) is 10.5. The van der Waals surface area contributed by atoms with E-state index in [0.29, 0.717) is 0 Å². The zero-order valence-electron chi connectivity index (χ0n) is 10.5. The molecule has 0 fully saturated rings. The maximum Gasteiger partial charge on any atom is 0.161 e. The van der Waals surface area contributed by atoms with Crippen LogP contribution in [0.4, 0.5) is 0 Å². The maximum absolute atomic E-state index is 4.53. The zero-order chi connectivity index (χ0) is 12.7. The van der Waals surface area contributed by atoms with Gasteiger partial charge >= 0.3 is 0 Å². The van der Waals surface area contributed by atoms with Gasteiger partial charge in [-0.15, -0.1) is 0 Å². The lowest BCUT2D eigenvalue weighted by Crippen LogP contribution is -1.93. The summed E-state index contributed by atoms with van der Waals surface area (Å²) in [5.74, 6) is 0.721. The van der Waals surface area contributed by atoms with Crippen LogP contribution in [0.15, 0.2) is 24.9 Å². The van der Waals surface area contributed by atoms with Crippen LogP contribution in [0.1, 0.15) is 11.3 Å². The van der Waals surface area contributed by atoms with Gasteiger partial charge in [0.1, 0.15) is 12.0 Å². The third kappa shape index (κ3) is 1.55. The molecule has 90 valence electrons. The van der Waals surface area contributed by atoms with Crippen molar-refractivity contribution in [1.82, 2.24) is 24.5 Å². The Morgan fingerprint density at radius 3 is 2.72 bits per heavy atom. The molecule has 0 spiro atoms. The highest BCUT2D eigenvalue weighted by molar-refractivity contribution is 5.91. The highest BCUT2D eigenvalue weighted by Crippen LogP contribution is 2.25. The molecule has 0 saturated carbocycles. The smallest absolute Gasteiger partial charge is 0.161 e. The predicted octanol–water partition coefficient (Wildman–Crippen LogP) is 2.04. The molecule has 3 heterocycles. The Bertz CT molecular complexity index is 729. The van der Waals surface area contributed by atoms with Crippen molar-refractivity contribution < 1.29 is 0 Å². The molecule has 5 heteroatoms. The first-order valence-corrected chi connectivity index (χ1v) is 5.72. The van der Waals surface area contributed by atoms with Crippen molar-refractivity contribution in [1.29, 1.82) is 0 Å². The minimum Gasteiger partial charge on any atom is -0.335 e. The van der Waals surface area contributed by atoms with Crippen molar-refractivity contribution in [3.05, 3.63) is 36.2 Å². The monoisotopic (exact) mass is 239 g/mol. The summed E-state index contributed by atoms with van der Waals surface area (Å²) in [6.07, 6.45) is 7.19. The summed E-state index contributed by atoms with van der Waals surface area (Å²) in [6.45, 7) is 3.99. The SMILES string of the molecule is Cc1cnc(-c2cn(C)c3ncncc23)nc1C. The summed E-state index contributed by atoms with van der Waals surface area (Å²) in [6, 6.07) is 0. The minimum atomic E-state index is 0.721. The average molecular weight is 239 g/mol. The van der Waals surface area contributed by atoms with Gasteiger partial charge in [0.15, 0.2) is 5.82 Å². The van der Waals surface area contributed by atoms with Gasteiger partial charge in [0.2, 0.25) is 0 Å². The van der Waals surface area contributed by atoms with Gasteiger partial charge in [0.05, 0.1) is 0 Å². The van der Waals surface area contributed by atoms with Gasteiger partial charge in [-0.25, -0.2) is 19.9 Å². The molecular formula is C13H13N5. The van der Waals surface area contributed by atoms with E-state index in [4.69, 9.17) is 0 Å². The second-order valence-electron chi connectivity index (χ2n) is 4.38. The summed E-state index contributed by atoms with van der Waals surface area (Å²) in [5.41, 5.74) is 3.95. The third-order valence-corrected chi connectivity index (χ3v) is 3.10. The van der Waals surface area contributed by atoms with Gasteiger partial charge < -0.3 is 4.57 Å². The molecule has 3 rings (SSSR count). The first kappa shape index (κ1) is 10.8. The van der Waals surface area contributed by atoms with E-state index < -0.39 is 0 Å². The van der Waals surface area contributed by atoms with Crippen LogP contribution in [0.25, 0.3) is 22.4 Å². The van der Waals surface area contributed by atoms with Crippen molar-refractivity contribution >= 4 is 11.0 Å². The van der Waals surface area contributed by atoms with Crippen LogP contribution in [-0.4, -0.2) is 24.5 Å².